The van der Waals surface area contributed by atoms with Gasteiger partial charge in [-0.05, 0) is 24.3 Å². The molecule has 0 saturated heterocycles. The van der Waals surface area contributed by atoms with Crippen molar-refractivity contribution in [3.8, 4) is 5.75 Å². The zero-order valence-electron chi connectivity index (χ0n) is 7.92. The molecule has 0 fully saturated rings. The van der Waals surface area contributed by atoms with Gasteiger partial charge in [0.25, 0.3) is 0 Å². The molecule has 1 aromatic carbocycles. The molecule has 2 rings (SSSR count). The van der Waals surface area contributed by atoms with Crippen LogP contribution in [0.1, 0.15) is 5.69 Å². The van der Waals surface area contributed by atoms with Gasteiger partial charge in [-0.15, -0.1) is 0 Å². The van der Waals surface area contributed by atoms with E-state index < -0.39 is 11.9 Å². The van der Waals surface area contributed by atoms with Gasteiger partial charge in [-0.1, -0.05) is 0 Å². The van der Waals surface area contributed by atoms with Crippen LogP contribution < -0.4 is 5.73 Å². The number of nitrogen functional groups attached to an aromatic ring is 1. The van der Waals surface area contributed by atoms with Crippen LogP contribution in [0.15, 0.2) is 24.3 Å². The van der Waals surface area contributed by atoms with Gasteiger partial charge in [-0.3, -0.25) is 0 Å². The number of anilines is 1. The van der Waals surface area contributed by atoms with Gasteiger partial charge in [0.05, 0.1) is 5.52 Å². The molecule has 0 aliphatic rings. The highest BCUT2D eigenvalue weighted by molar-refractivity contribution is 5.91. The van der Waals surface area contributed by atoms with Crippen LogP contribution >= 0.6 is 0 Å². The van der Waals surface area contributed by atoms with Gasteiger partial charge in [-0.2, -0.15) is 13.2 Å². The van der Waals surface area contributed by atoms with Crippen molar-refractivity contribution in [3.05, 3.63) is 30.0 Å². The number of nitrogens with two attached hydrogens (primary N) is 1. The monoisotopic (exact) mass is 228 g/mol. The van der Waals surface area contributed by atoms with E-state index in [1.165, 1.54) is 18.2 Å². The van der Waals surface area contributed by atoms with E-state index >= 15 is 0 Å². The molecule has 0 aliphatic heterocycles. The average Bonchev–Trinajstić information content (AvgIpc) is 2.17. The fourth-order valence-electron chi connectivity index (χ4n) is 1.39. The van der Waals surface area contributed by atoms with Crippen molar-refractivity contribution >= 4 is 16.6 Å². The van der Waals surface area contributed by atoms with Gasteiger partial charge >= 0.3 is 6.18 Å². The first-order valence-corrected chi connectivity index (χ1v) is 4.34. The highest BCUT2D eigenvalue weighted by Gasteiger charge is 2.33. The Kier molecular flexibility index (Phi) is 2.15. The standard InChI is InChI=1S/C10H7F3N2O/c11-10(12,13)9-4-7(14)6-3-5(16)1-2-8(6)15-9/h1-4,16H,(H2,14,15). The maximum Gasteiger partial charge on any atom is 0.433 e. The first-order valence-electron chi connectivity index (χ1n) is 4.34. The minimum Gasteiger partial charge on any atom is -0.508 e. The van der Waals surface area contributed by atoms with Crippen molar-refractivity contribution in [2.45, 2.75) is 6.18 Å². The lowest BCUT2D eigenvalue weighted by molar-refractivity contribution is -0.140. The Morgan fingerprint density at radius 2 is 1.88 bits per heavy atom. The predicted molar refractivity (Wildman–Crippen MR) is 52.8 cm³/mol. The van der Waals surface area contributed by atoms with Gasteiger partial charge in [-0.25, -0.2) is 4.98 Å². The fourth-order valence-corrected chi connectivity index (χ4v) is 1.39. The van der Waals surface area contributed by atoms with E-state index in [1.54, 1.807) is 0 Å². The molecule has 84 valence electrons. The number of nitrogens with zero attached hydrogens (tertiary/aromatic N) is 1. The second-order valence-electron chi connectivity index (χ2n) is 3.30. The highest BCUT2D eigenvalue weighted by Crippen LogP contribution is 2.32. The molecule has 0 bridgehead atoms. The summed E-state index contributed by atoms with van der Waals surface area (Å²) in [6, 6.07) is 4.57. The summed E-state index contributed by atoms with van der Waals surface area (Å²) in [5.41, 5.74) is 4.47. The van der Waals surface area contributed by atoms with E-state index in [-0.39, 0.29) is 17.0 Å². The molecule has 0 spiro atoms. The van der Waals surface area contributed by atoms with Gasteiger partial charge in [0.2, 0.25) is 0 Å². The number of phenolic OH excluding ortho intramolecular Hbond substituents is 1. The number of pyridine rings is 1. The van der Waals surface area contributed by atoms with Crippen LogP contribution in [-0.2, 0) is 6.18 Å². The molecule has 0 atom stereocenters. The number of alkyl halides is 3. The molecule has 3 N–H and O–H groups in total. The first-order chi connectivity index (χ1) is 7.38. The topological polar surface area (TPSA) is 59.1 Å². The summed E-state index contributed by atoms with van der Waals surface area (Å²) in [4.78, 5) is 3.43. The maximum absolute atomic E-state index is 12.4. The van der Waals surface area contributed by atoms with Crippen molar-refractivity contribution < 1.29 is 18.3 Å². The first kappa shape index (κ1) is 10.5. The Labute approximate surface area is 88.3 Å². The Hall–Kier alpha value is -1.98. The third-order valence-electron chi connectivity index (χ3n) is 2.11. The lowest BCUT2D eigenvalue weighted by Gasteiger charge is -2.09. The minimum absolute atomic E-state index is 0.0618. The number of benzene rings is 1. The summed E-state index contributed by atoms with van der Waals surface area (Å²) in [6.07, 6.45) is -4.53. The van der Waals surface area contributed by atoms with Crippen LogP contribution in [0.4, 0.5) is 18.9 Å². The number of hydrogen-bond acceptors (Lipinski definition) is 3. The predicted octanol–water partition coefficient (Wildman–Crippen LogP) is 2.54. The normalized spacial score (nSPS) is 11.9. The highest BCUT2D eigenvalue weighted by atomic mass is 19.4. The minimum atomic E-state index is -4.53. The largest absolute Gasteiger partial charge is 0.508 e. The summed E-state index contributed by atoms with van der Waals surface area (Å²) in [5, 5.41) is 9.48. The summed E-state index contributed by atoms with van der Waals surface area (Å²) >= 11 is 0. The molecule has 0 amide bonds. The van der Waals surface area contributed by atoms with E-state index in [0.717, 1.165) is 6.07 Å². The third-order valence-corrected chi connectivity index (χ3v) is 2.11. The van der Waals surface area contributed by atoms with E-state index in [4.69, 9.17) is 5.73 Å². The molecule has 0 saturated carbocycles. The number of halogens is 3. The van der Waals surface area contributed by atoms with Crippen LogP contribution in [0.3, 0.4) is 0 Å². The number of hydrogen-bond donors (Lipinski definition) is 2. The molecule has 0 unspecified atom stereocenters. The molecular weight excluding hydrogens is 221 g/mol. The van der Waals surface area contributed by atoms with E-state index in [1.807, 2.05) is 0 Å². The molecule has 1 aromatic heterocycles. The van der Waals surface area contributed by atoms with Crippen molar-refractivity contribution in [1.29, 1.82) is 0 Å². The van der Waals surface area contributed by atoms with Crippen molar-refractivity contribution in [2.24, 2.45) is 0 Å². The summed E-state index contributed by atoms with van der Waals surface area (Å²) < 4.78 is 37.2. The Bertz CT molecular complexity index is 551. The Balaban J connectivity index is 2.74. The quantitative estimate of drug-likeness (QED) is 0.728. The second kappa shape index (κ2) is 3.26. The second-order valence-corrected chi connectivity index (χ2v) is 3.30. The van der Waals surface area contributed by atoms with Crippen molar-refractivity contribution in [3.63, 3.8) is 0 Å². The third kappa shape index (κ3) is 1.73. The van der Waals surface area contributed by atoms with Crippen molar-refractivity contribution in [2.75, 3.05) is 5.73 Å². The van der Waals surface area contributed by atoms with Crippen LogP contribution in [0, 0.1) is 0 Å². The number of rotatable bonds is 0. The van der Waals surface area contributed by atoms with E-state index in [9.17, 15) is 18.3 Å². The Morgan fingerprint density at radius 3 is 2.50 bits per heavy atom. The molecule has 6 heteroatoms. The lowest BCUT2D eigenvalue weighted by Crippen LogP contribution is -2.09. The molecule has 0 aliphatic carbocycles. The molecular formula is C10H7F3N2O. The number of aromatic nitrogens is 1. The van der Waals surface area contributed by atoms with Crippen molar-refractivity contribution in [1.82, 2.24) is 4.98 Å². The van der Waals surface area contributed by atoms with Crippen LogP contribution in [0.25, 0.3) is 10.9 Å². The molecule has 0 radical (unpaired) electrons. The number of aromatic hydroxyl groups is 1. The summed E-state index contributed by atoms with van der Waals surface area (Å²) in [5.74, 6) is -0.0687. The Morgan fingerprint density at radius 1 is 1.19 bits per heavy atom. The molecule has 2 aromatic rings. The van der Waals surface area contributed by atoms with Gasteiger partial charge in [0.15, 0.2) is 0 Å². The zero-order valence-corrected chi connectivity index (χ0v) is 7.92. The van der Waals surface area contributed by atoms with Crippen LogP contribution in [0.2, 0.25) is 0 Å². The number of fused-ring (bicyclic) bond motifs is 1. The molecule has 3 nitrogen and oxygen atoms in total. The molecule has 16 heavy (non-hydrogen) atoms. The van der Waals surface area contributed by atoms with Crippen LogP contribution in [-0.4, -0.2) is 10.1 Å². The lowest BCUT2D eigenvalue weighted by atomic mass is 10.1. The average molecular weight is 228 g/mol. The van der Waals surface area contributed by atoms with Gasteiger partial charge in [0.1, 0.15) is 11.4 Å². The molecule has 1 heterocycles. The van der Waals surface area contributed by atoms with Crippen LogP contribution in [0.5, 0.6) is 5.75 Å². The smallest absolute Gasteiger partial charge is 0.433 e. The maximum atomic E-state index is 12.4. The van der Waals surface area contributed by atoms with Gasteiger partial charge < -0.3 is 10.8 Å². The SMILES string of the molecule is Nc1cc(C(F)(F)F)nc2ccc(O)cc12. The summed E-state index contributed by atoms with van der Waals surface area (Å²) in [7, 11) is 0. The zero-order chi connectivity index (χ0) is 11.9. The van der Waals surface area contributed by atoms with E-state index in [2.05, 4.69) is 4.98 Å². The van der Waals surface area contributed by atoms with E-state index in [0.29, 0.717) is 5.39 Å². The van der Waals surface area contributed by atoms with Gasteiger partial charge in [0, 0.05) is 11.1 Å². The summed E-state index contributed by atoms with van der Waals surface area (Å²) in [6.45, 7) is 0. The number of phenols is 1. The fraction of sp³-hybridized carbons (Fsp3) is 0.100.